The molecule has 0 atom stereocenters. The Kier molecular flexibility index (Phi) is 3.85. The molecular weight excluding hydrogens is 332 g/mol. The molecule has 0 bridgehead atoms. The summed E-state index contributed by atoms with van der Waals surface area (Å²) in [6.07, 6.45) is 0. The van der Waals surface area contributed by atoms with Crippen LogP contribution in [0.5, 0.6) is 0 Å². The van der Waals surface area contributed by atoms with E-state index in [4.69, 9.17) is 0 Å². The summed E-state index contributed by atoms with van der Waals surface area (Å²) < 4.78 is 2.87. The average Bonchev–Trinajstić information content (AvgIpc) is 2.33. The van der Waals surface area contributed by atoms with E-state index in [1.807, 2.05) is 54.6 Å². The molecule has 0 aliphatic rings. The Balaban J connectivity index is 2.08. The Morgan fingerprint density at radius 2 is 1.50 bits per heavy atom. The molecule has 0 radical (unpaired) electrons. The normalized spacial score (nSPS) is 9.88. The van der Waals surface area contributed by atoms with Crippen molar-refractivity contribution in [2.24, 2.45) is 0 Å². The summed E-state index contributed by atoms with van der Waals surface area (Å²) in [4.78, 5) is 0. The van der Waals surface area contributed by atoms with Crippen LogP contribution in [0.2, 0.25) is 0 Å². The van der Waals surface area contributed by atoms with E-state index >= 15 is 0 Å². The van der Waals surface area contributed by atoms with Gasteiger partial charge in [0.15, 0.2) is 0 Å². The van der Waals surface area contributed by atoms with Gasteiger partial charge in [0.2, 0.25) is 0 Å². The first-order valence-electron chi connectivity index (χ1n) is 4.79. The van der Waals surface area contributed by atoms with Crippen molar-refractivity contribution < 1.29 is 0 Å². The van der Waals surface area contributed by atoms with Gasteiger partial charge in [-0.25, -0.2) is 4.03 Å². The van der Waals surface area contributed by atoms with E-state index in [0.717, 1.165) is 15.8 Å². The lowest BCUT2D eigenvalue weighted by atomic mass is 10.3. The summed E-state index contributed by atoms with van der Waals surface area (Å²) in [6, 6.07) is 18.0. The van der Waals surface area contributed by atoms with Gasteiger partial charge in [-0.2, -0.15) is 0 Å². The molecule has 0 unspecified atom stereocenters. The molecule has 0 aliphatic carbocycles. The molecule has 0 heterocycles. The minimum Gasteiger partial charge on any atom is -0.288 e. The van der Waals surface area contributed by atoms with Gasteiger partial charge in [-0.3, -0.25) is 5.43 Å². The van der Waals surface area contributed by atoms with Crippen LogP contribution in [0, 0.1) is 0 Å². The van der Waals surface area contributed by atoms with Crippen molar-refractivity contribution >= 4 is 43.5 Å². The minimum absolute atomic E-state index is 1.02. The second kappa shape index (κ2) is 5.37. The summed E-state index contributed by atoms with van der Waals surface area (Å²) in [5.41, 5.74) is 5.28. The topological polar surface area (TPSA) is 15.3 Å². The van der Waals surface area contributed by atoms with Gasteiger partial charge in [0, 0.05) is 4.47 Å². The van der Waals surface area contributed by atoms with Crippen LogP contribution >= 0.6 is 32.1 Å². The number of benzene rings is 2. The second-order valence-corrected chi connectivity index (χ2v) is 4.86. The Morgan fingerprint density at radius 3 is 2.12 bits per heavy atom. The van der Waals surface area contributed by atoms with Gasteiger partial charge in [-0.15, -0.1) is 0 Å². The van der Waals surface area contributed by atoms with Gasteiger partial charge in [0.1, 0.15) is 0 Å². The van der Waals surface area contributed by atoms with Gasteiger partial charge in [0.25, 0.3) is 0 Å². The quantitative estimate of drug-likeness (QED) is 0.648. The molecule has 2 aromatic rings. The fourth-order valence-corrected chi connectivity index (χ4v) is 1.97. The van der Waals surface area contributed by atoms with Crippen LogP contribution in [-0.4, -0.2) is 0 Å². The van der Waals surface area contributed by atoms with Crippen molar-refractivity contribution in [1.82, 2.24) is 0 Å². The van der Waals surface area contributed by atoms with E-state index in [2.05, 4.69) is 37.5 Å². The van der Waals surface area contributed by atoms with Crippen molar-refractivity contribution in [2.75, 3.05) is 9.46 Å². The number of para-hydroxylation sites is 1. The van der Waals surface area contributed by atoms with Gasteiger partial charge in [-0.05, 0) is 36.4 Å². The van der Waals surface area contributed by atoms with Crippen molar-refractivity contribution in [1.29, 1.82) is 0 Å². The van der Waals surface area contributed by atoms with Crippen LogP contribution in [0.25, 0.3) is 0 Å². The van der Waals surface area contributed by atoms with E-state index in [0.29, 0.717) is 0 Å². The molecule has 0 saturated carbocycles. The standard InChI is InChI=1S/C12H10Br2N2/c13-10-6-8-11(9-7-10)15-16(14)12-4-2-1-3-5-12/h1-9,15H. The van der Waals surface area contributed by atoms with Crippen LogP contribution in [0.3, 0.4) is 0 Å². The van der Waals surface area contributed by atoms with E-state index in [-0.39, 0.29) is 0 Å². The van der Waals surface area contributed by atoms with Gasteiger partial charge in [-0.1, -0.05) is 34.1 Å². The largest absolute Gasteiger partial charge is 0.288 e. The summed E-state index contributed by atoms with van der Waals surface area (Å²) >= 11 is 6.86. The number of anilines is 2. The Labute approximate surface area is 112 Å². The number of nitrogens with one attached hydrogen (secondary N) is 1. The average molecular weight is 342 g/mol. The van der Waals surface area contributed by atoms with Gasteiger partial charge < -0.3 is 0 Å². The van der Waals surface area contributed by atoms with Crippen molar-refractivity contribution in [3.8, 4) is 0 Å². The molecule has 0 aromatic heterocycles. The lowest BCUT2D eigenvalue weighted by molar-refractivity contribution is 1.31. The number of rotatable bonds is 3. The van der Waals surface area contributed by atoms with E-state index in [1.54, 1.807) is 4.03 Å². The second-order valence-electron chi connectivity index (χ2n) is 3.24. The maximum Gasteiger partial charge on any atom is 0.0729 e. The monoisotopic (exact) mass is 340 g/mol. The molecule has 0 spiro atoms. The lowest BCUT2D eigenvalue weighted by Gasteiger charge is -2.18. The first-order valence-corrected chi connectivity index (χ1v) is 6.29. The van der Waals surface area contributed by atoms with Crippen LogP contribution < -0.4 is 9.46 Å². The summed E-state index contributed by atoms with van der Waals surface area (Å²) in [7, 11) is 0. The van der Waals surface area contributed by atoms with Gasteiger partial charge in [0.05, 0.1) is 27.5 Å². The maximum absolute atomic E-state index is 3.45. The third-order valence-electron chi connectivity index (χ3n) is 2.05. The maximum atomic E-state index is 3.45. The van der Waals surface area contributed by atoms with E-state index in [9.17, 15) is 0 Å². The van der Waals surface area contributed by atoms with Crippen LogP contribution in [0.4, 0.5) is 11.4 Å². The smallest absolute Gasteiger partial charge is 0.0729 e. The van der Waals surface area contributed by atoms with Gasteiger partial charge >= 0.3 is 0 Å². The molecule has 2 aromatic carbocycles. The fraction of sp³-hybridized carbons (Fsp3) is 0. The molecule has 0 saturated heterocycles. The number of hydrogen-bond donors (Lipinski definition) is 1. The van der Waals surface area contributed by atoms with Crippen LogP contribution in [0.1, 0.15) is 0 Å². The van der Waals surface area contributed by atoms with Crippen molar-refractivity contribution in [2.45, 2.75) is 0 Å². The van der Waals surface area contributed by atoms with E-state index in [1.165, 1.54) is 0 Å². The minimum atomic E-state index is 1.02. The molecule has 1 N–H and O–H groups in total. The third kappa shape index (κ3) is 3.00. The lowest BCUT2D eigenvalue weighted by Crippen LogP contribution is -2.17. The zero-order valence-electron chi connectivity index (χ0n) is 8.40. The first kappa shape index (κ1) is 11.5. The molecule has 2 nitrogen and oxygen atoms in total. The molecule has 0 fully saturated rings. The van der Waals surface area contributed by atoms with E-state index < -0.39 is 0 Å². The molecule has 0 amide bonds. The highest BCUT2D eigenvalue weighted by Gasteiger charge is 2.01. The number of hydrogen-bond acceptors (Lipinski definition) is 2. The summed E-state index contributed by atoms with van der Waals surface area (Å²) in [5, 5.41) is 0. The molecular formula is C12H10Br2N2. The fourth-order valence-electron chi connectivity index (χ4n) is 1.26. The Hall–Kier alpha value is -1.00. The van der Waals surface area contributed by atoms with Crippen molar-refractivity contribution in [3.63, 3.8) is 0 Å². The highest BCUT2D eigenvalue weighted by atomic mass is 79.9. The summed E-state index contributed by atoms with van der Waals surface area (Å²) in [5.74, 6) is 0. The summed E-state index contributed by atoms with van der Waals surface area (Å²) in [6.45, 7) is 0. The van der Waals surface area contributed by atoms with Crippen molar-refractivity contribution in [3.05, 3.63) is 59.1 Å². The molecule has 82 valence electrons. The highest BCUT2D eigenvalue weighted by Crippen LogP contribution is 2.20. The van der Waals surface area contributed by atoms with Crippen LogP contribution in [0.15, 0.2) is 59.1 Å². The number of nitrogens with zero attached hydrogens (tertiary/aromatic N) is 1. The zero-order chi connectivity index (χ0) is 11.4. The molecule has 2 rings (SSSR count). The SMILES string of the molecule is Brc1ccc(NN(Br)c2ccccc2)cc1. The number of halogens is 2. The Morgan fingerprint density at radius 1 is 0.875 bits per heavy atom. The zero-order valence-corrected chi connectivity index (χ0v) is 11.6. The highest BCUT2D eigenvalue weighted by molar-refractivity contribution is 9.10. The number of hydrazine groups is 1. The predicted molar refractivity (Wildman–Crippen MR) is 75.6 cm³/mol. The predicted octanol–water partition coefficient (Wildman–Crippen LogP) is 4.59. The molecule has 0 aliphatic heterocycles. The third-order valence-corrected chi connectivity index (χ3v) is 3.17. The Bertz CT molecular complexity index is 442. The van der Waals surface area contributed by atoms with Crippen LogP contribution in [-0.2, 0) is 0 Å². The molecule has 4 heteroatoms. The first-order chi connectivity index (χ1) is 7.75. The molecule has 16 heavy (non-hydrogen) atoms.